The van der Waals surface area contributed by atoms with E-state index in [2.05, 4.69) is 46.1 Å². The monoisotopic (exact) mass is 466 g/mol. The second kappa shape index (κ2) is 11.0. The van der Waals surface area contributed by atoms with Crippen LogP contribution in [0.3, 0.4) is 0 Å². The van der Waals surface area contributed by atoms with Crippen LogP contribution in [-0.4, -0.2) is 24.6 Å². The molecule has 0 radical (unpaired) electrons. The first-order valence-electron chi connectivity index (χ1n) is 11.7. The van der Waals surface area contributed by atoms with Gasteiger partial charge < -0.3 is 16.0 Å². The quantitative estimate of drug-likeness (QED) is 0.336. The molecule has 2 atom stereocenters. The molecule has 4 rings (SSSR count). The zero-order valence-corrected chi connectivity index (χ0v) is 20.1. The van der Waals surface area contributed by atoms with Gasteiger partial charge in [-0.15, -0.1) is 0 Å². The summed E-state index contributed by atoms with van der Waals surface area (Å²) in [4.78, 5) is 4.55. The summed E-state index contributed by atoms with van der Waals surface area (Å²) in [6, 6.07) is 15.4. The minimum absolute atomic E-state index is 0.220. The van der Waals surface area contributed by atoms with Crippen molar-refractivity contribution in [3.8, 4) is 11.1 Å². The van der Waals surface area contributed by atoms with Gasteiger partial charge in [-0.25, -0.2) is 9.37 Å². The predicted octanol–water partition coefficient (Wildman–Crippen LogP) is 6.52. The fourth-order valence-electron chi connectivity index (χ4n) is 4.84. The summed E-state index contributed by atoms with van der Waals surface area (Å²) in [6.45, 7) is 3.76. The average molecular weight is 467 g/mol. The third kappa shape index (κ3) is 5.84. The van der Waals surface area contributed by atoms with Crippen molar-refractivity contribution >= 4 is 23.1 Å². The van der Waals surface area contributed by atoms with Crippen LogP contribution in [0.25, 0.3) is 11.1 Å². The molecule has 3 aromatic rings. The Morgan fingerprint density at radius 2 is 1.94 bits per heavy atom. The van der Waals surface area contributed by atoms with Gasteiger partial charge in [-0.05, 0) is 86.1 Å². The molecule has 2 unspecified atom stereocenters. The molecule has 0 amide bonds. The largest absolute Gasteiger partial charge is 0.381 e. The maximum absolute atomic E-state index is 13.6. The lowest BCUT2D eigenvalue weighted by Crippen LogP contribution is -2.20. The number of nitrogens with one attached hydrogen (secondary N) is 3. The lowest BCUT2D eigenvalue weighted by molar-refractivity contribution is 0.511. The summed E-state index contributed by atoms with van der Waals surface area (Å²) < 4.78 is 13.6. The van der Waals surface area contributed by atoms with Crippen molar-refractivity contribution < 1.29 is 4.39 Å². The summed E-state index contributed by atoms with van der Waals surface area (Å²) >= 11 is 6.62. The number of benzene rings is 2. The van der Waals surface area contributed by atoms with Crippen LogP contribution in [0.5, 0.6) is 0 Å². The van der Waals surface area contributed by atoms with Crippen LogP contribution in [0, 0.1) is 11.7 Å². The molecule has 1 heterocycles. The van der Waals surface area contributed by atoms with Crippen molar-refractivity contribution in [2.75, 3.05) is 24.2 Å². The van der Waals surface area contributed by atoms with Crippen molar-refractivity contribution in [3.63, 3.8) is 0 Å². The van der Waals surface area contributed by atoms with E-state index in [1.165, 1.54) is 18.1 Å². The Balaban J connectivity index is 1.55. The molecular weight excluding hydrogens is 435 g/mol. The molecular formula is C27H32ClFN4. The number of nitrogens with zero attached hydrogens (tertiary/aromatic N) is 1. The molecule has 4 nitrogen and oxygen atoms in total. The number of halogens is 2. The van der Waals surface area contributed by atoms with Gasteiger partial charge in [-0.2, -0.15) is 0 Å². The molecule has 1 saturated carbocycles. The van der Waals surface area contributed by atoms with Crippen molar-refractivity contribution in [1.82, 2.24) is 10.3 Å². The van der Waals surface area contributed by atoms with Crippen LogP contribution in [-0.2, 0) is 13.0 Å². The van der Waals surface area contributed by atoms with Crippen LogP contribution < -0.4 is 16.0 Å². The molecule has 3 N–H and O–H groups in total. The van der Waals surface area contributed by atoms with Gasteiger partial charge in [0.05, 0.1) is 5.02 Å². The maximum Gasteiger partial charge on any atom is 0.126 e. The van der Waals surface area contributed by atoms with Gasteiger partial charge in [0.1, 0.15) is 11.6 Å². The molecule has 1 aliphatic carbocycles. The third-order valence-electron chi connectivity index (χ3n) is 6.43. The Hall–Kier alpha value is -2.63. The average Bonchev–Trinajstić information content (AvgIpc) is 3.26. The first kappa shape index (κ1) is 23.5. The summed E-state index contributed by atoms with van der Waals surface area (Å²) in [5, 5.41) is 11.0. The van der Waals surface area contributed by atoms with Crippen LogP contribution in [0.1, 0.15) is 37.3 Å². The van der Waals surface area contributed by atoms with Gasteiger partial charge in [0.25, 0.3) is 0 Å². The van der Waals surface area contributed by atoms with E-state index in [1.54, 1.807) is 18.3 Å². The SMILES string of the molecule is CCc1c(NCc2cccc(F)c2)cccc1-c1cc(NC2CCC(CNC)C2)ncc1Cl. The fourth-order valence-corrected chi connectivity index (χ4v) is 5.05. The van der Waals surface area contributed by atoms with Crippen molar-refractivity contribution in [2.45, 2.75) is 45.2 Å². The molecule has 33 heavy (non-hydrogen) atoms. The number of hydrogen-bond donors (Lipinski definition) is 3. The van der Waals surface area contributed by atoms with Gasteiger partial charge in [0, 0.05) is 30.0 Å². The smallest absolute Gasteiger partial charge is 0.126 e. The number of rotatable bonds is 9. The highest BCUT2D eigenvalue weighted by molar-refractivity contribution is 6.33. The standard InChI is InChI=1S/C27H32ClFN4/c1-3-22-23(8-5-9-26(22)31-16-18-6-4-7-20(29)12-18)24-14-27(32-17-25(24)28)33-21-11-10-19(13-21)15-30-2/h4-9,12,14,17,19,21,30-31H,3,10-11,13,15-16H2,1-2H3,(H,32,33). The highest BCUT2D eigenvalue weighted by Crippen LogP contribution is 2.36. The Morgan fingerprint density at radius 3 is 2.73 bits per heavy atom. The van der Waals surface area contributed by atoms with Crippen LogP contribution in [0.15, 0.2) is 54.7 Å². The van der Waals surface area contributed by atoms with Crippen LogP contribution in [0.2, 0.25) is 5.02 Å². The summed E-state index contributed by atoms with van der Waals surface area (Å²) in [6.07, 6.45) is 6.13. The van der Waals surface area contributed by atoms with Gasteiger partial charge in [0.2, 0.25) is 0 Å². The molecule has 174 valence electrons. The predicted molar refractivity (Wildman–Crippen MR) is 136 cm³/mol. The summed E-state index contributed by atoms with van der Waals surface area (Å²) in [5.74, 6) is 1.36. The minimum atomic E-state index is -0.220. The molecule has 0 aliphatic heterocycles. The van der Waals surface area contributed by atoms with E-state index in [4.69, 9.17) is 11.6 Å². The van der Waals surface area contributed by atoms with Crippen molar-refractivity contribution in [3.05, 3.63) is 76.7 Å². The molecule has 0 saturated heterocycles. The van der Waals surface area contributed by atoms with Gasteiger partial charge in [0.15, 0.2) is 0 Å². The zero-order valence-electron chi connectivity index (χ0n) is 19.3. The first-order valence-corrected chi connectivity index (χ1v) is 12.1. The topological polar surface area (TPSA) is 49.0 Å². The summed E-state index contributed by atoms with van der Waals surface area (Å²) in [7, 11) is 2.01. The fraction of sp³-hybridized carbons (Fsp3) is 0.370. The number of aromatic nitrogens is 1. The van der Waals surface area contributed by atoms with E-state index in [1.807, 2.05) is 19.2 Å². The van der Waals surface area contributed by atoms with E-state index in [9.17, 15) is 4.39 Å². The molecule has 1 aromatic heterocycles. The maximum atomic E-state index is 13.6. The Kier molecular flexibility index (Phi) is 7.84. The lowest BCUT2D eigenvalue weighted by atomic mass is 9.96. The summed E-state index contributed by atoms with van der Waals surface area (Å²) in [5.41, 5.74) is 5.20. The third-order valence-corrected chi connectivity index (χ3v) is 6.73. The Bertz CT molecular complexity index is 1090. The first-order chi connectivity index (χ1) is 16.1. The van der Waals surface area contributed by atoms with E-state index < -0.39 is 0 Å². The van der Waals surface area contributed by atoms with Crippen LogP contribution >= 0.6 is 11.6 Å². The highest BCUT2D eigenvalue weighted by atomic mass is 35.5. The van der Waals surface area contributed by atoms with Gasteiger partial charge >= 0.3 is 0 Å². The molecule has 0 spiro atoms. The molecule has 6 heteroatoms. The minimum Gasteiger partial charge on any atom is -0.381 e. The Labute approximate surface area is 201 Å². The van der Waals surface area contributed by atoms with Gasteiger partial charge in [-0.3, -0.25) is 0 Å². The molecule has 1 aliphatic rings. The number of anilines is 2. The van der Waals surface area contributed by atoms with Gasteiger partial charge in [-0.1, -0.05) is 42.8 Å². The Morgan fingerprint density at radius 1 is 1.09 bits per heavy atom. The van der Waals surface area contributed by atoms with Crippen molar-refractivity contribution in [2.24, 2.45) is 5.92 Å². The zero-order chi connectivity index (χ0) is 23.2. The van der Waals surface area contributed by atoms with E-state index in [0.29, 0.717) is 23.5 Å². The van der Waals surface area contributed by atoms with E-state index >= 15 is 0 Å². The second-order valence-electron chi connectivity index (χ2n) is 8.80. The molecule has 1 fully saturated rings. The molecule has 0 bridgehead atoms. The van der Waals surface area contributed by atoms with Crippen LogP contribution in [0.4, 0.5) is 15.9 Å². The second-order valence-corrected chi connectivity index (χ2v) is 9.20. The van der Waals surface area contributed by atoms with Crippen molar-refractivity contribution in [1.29, 1.82) is 0 Å². The number of pyridine rings is 1. The van der Waals surface area contributed by atoms with E-state index in [-0.39, 0.29) is 5.82 Å². The van der Waals surface area contributed by atoms with E-state index in [0.717, 1.165) is 54.0 Å². The highest BCUT2D eigenvalue weighted by Gasteiger charge is 2.24. The number of hydrogen-bond acceptors (Lipinski definition) is 4. The lowest BCUT2D eigenvalue weighted by Gasteiger charge is -2.18. The normalized spacial score (nSPS) is 17.8. The molecule has 2 aromatic carbocycles.